The molecule has 2 aromatic rings. The molecule has 0 aromatic heterocycles. The number of carbonyl (C=O) groups is 3. The zero-order valence-corrected chi connectivity index (χ0v) is 15.9. The molecule has 29 heavy (non-hydrogen) atoms. The molecule has 0 bridgehead atoms. The molecule has 0 saturated carbocycles. The first-order chi connectivity index (χ1) is 14.0. The number of urea groups is 1. The van der Waals surface area contributed by atoms with Crippen LogP contribution in [0.5, 0.6) is 0 Å². The smallest absolute Gasteiger partial charge is 0.321 e. The van der Waals surface area contributed by atoms with Crippen LogP contribution in [-0.4, -0.2) is 60.4 Å². The Balaban J connectivity index is 1.39. The van der Waals surface area contributed by atoms with Crippen molar-refractivity contribution in [3.63, 3.8) is 0 Å². The van der Waals surface area contributed by atoms with Crippen LogP contribution in [0.4, 0.5) is 14.9 Å². The fraction of sp³-hybridized carbons (Fsp3) is 0.286. The average Bonchev–Trinajstić information content (AvgIpc) is 2.74. The number of anilines is 1. The number of benzene rings is 2. The summed E-state index contributed by atoms with van der Waals surface area (Å²) >= 11 is 0. The highest BCUT2D eigenvalue weighted by molar-refractivity contribution is 5.90. The van der Waals surface area contributed by atoms with Crippen LogP contribution in [0.15, 0.2) is 54.6 Å². The minimum absolute atomic E-state index is 0.0621. The van der Waals surface area contributed by atoms with Gasteiger partial charge in [-0.25, -0.2) is 9.18 Å². The maximum Gasteiger partial charge on any atom is 0.321 e. The number of nitrogens with zero attached hydrogens (tertiary/aromatic N) is 2. The lowest BCUT2D eigenvalue weighted by atomic mass is 10.1. The van der Waals surface area contributed by atoms with Crippen LogP contribution < -0.4 is 10.6 Å². The van der Waals surface area contributed by atoms with E-state index in [1.165, 1.54) is 24.3 Å². The number of carbonyl (C=O) groups excluding carboxylic acids is 3. The number of piperazine rings is 1. The van der Waals surface area contributed by atoms with Gasteiger partial charge in [-0.05, 0) is 29.8 Å². The van der Waals surface area contributed by atoms with Crippen molar-refractivity contribution >= 4 is 23.5 Å². The summed E-state index contributed by atoms with van der Waals surface area (Å²) in [7, 11) is 0. The molecule has 3 rings (SSSR count). The molecule has 1 heterocycles. The van der Waals surface area contributed by atoms with E-state index in [9.17, 15) is 18.8 Å². The second-order valence-electron chi connectivity index (χ2n) is 6.74. The number of amides is 4. The standard InChI is InChI=1S/C21H23FN4O3/c22-17-6-8-18(9-7-17)24-21(29)26-12-10-25(11-13-26)20(28)15-23-19(27)14-16-4-2-1-3-5-16/h1-9H,10-15H2,(H,23,27)(H,24,29). The van der Waals surface area contributed by atoms with Crippen molar-refractivity contribution in [3.05, 3.63) is 66.0 Å². The van der Waals surface area contributed by atoms with E-state index < -0.39 is 0 Å². The van der Waals surface area contributed by atoms with Crippen LogP contribution in [0, 0.1) is 5.82 Å². The quantitative estimate of drug-likeness (QED) is 0.807. The van der Waals surface area contributed by atoms with Crippen LogP contribution >= 0.6 is 0 Å². The Kier molecular flexibility index (Phi) is 6.78. The van der Waals surface area contributed by atoms with Crippen LogP contribution in [-0.2, 0) is 16.0 Å². The van der Waals surface area contributed by atoms with Gasteiger partial charge in [0, 0.05) is 31.9 Å². The van der Waals surface area contributed by atoms with E-state index in [0.717, 1.165) is 5.56 Å². The molecule has 2 N–H and O–H groups in total. The molecule has 152 valence electrons. The van der Waals surface area contributed by atoms with Gasteiger partial charge in [0.15, 0.2) is 0 Å². The second kappa shape index (κ2) is 9.68. The van der Waals surface area contributed by atoms with Crippen LogP contribution in [0.1, 0.15) is 5.56 Å². The van der Waals surface area contributed by atoms with E-state index in [-0.39, 0.29) is 36.6 Å². The van der Waals surface area contributed by atoms with Crippen molar-refractivity contribution in [2.24, 2.45) is 0 Å². The van der Waals surface area contributed by atoms with Gasteiger partial charge in [-0.15, -0.1) is 0 Å². The van der Waals surface area contributed by atoms with Gasteiger partial charge in [-0.3, -0.25) is 9.59 Å². The molecule has 1 fully saturated rings. The predicted molar refractivity (Wildman–Crippen MR) is 107 cm³/mol. The van der Waals surface area contributed by atoms with E-state index >= 15 is 0 Å². The Hall–Kier alpha value is -3.42. The van der Waals surface area contributed by atoms with E-state index in [0.29, 0.717) is 31.9 Å². The Morgan fingerprint density at radius 3 is 2.14 bits per heavy atom. The van der Waals surface area contributed by atoms with Gasteiger partial charge in [0.25, 0.3) is 0 Å². The predicted octanol–water partition coefficient (Wildman–Crippen LogP) is 1.86. The summed E-state index contributed by atoms with van der Waals surface area (Å²) in [5.74, 6) is -0.752. The number of rotatable bonds is 5. The molecule has 0 radical (unpaired) electrons. The molecule has 7 nitrogen and oxygen atoms in total. The Morgan fingerprint density at radius 2 is 1.48 bits per heavy atom. The lowest BCUT2D eigenvalue weighted by Crippen LogP contribution is -2.53. The topological polar surface area (TPSA) is 81.8 Å². The summed E-state index contributed by atoms with van der Waals surface area (Å²) in [5.41, 5.74) is 1.40. The first-order valence-corrected chi connectivity index (χ1v) is 9.41. The summed E-state index contributed by atoms with van der Waals surface area (Å²) in [6, 6.07) is 14.6. The minimum atomic E-state index is -0.369. The summed E-state index contributed by atoms with van der Waals surface area (Å²) in [6.07, 6.45) is 0.228. The molecular formula is C21H23FN4O3. The molecule has 2 aromatic carbocycles. The molecule has 1 saturated heterocycles. The summed E-state index contributed by atoms with van der Waals surface area (Å²) in [4.78, 5) is 39.8. The maximum absolute atomic E-state index is 12.9. The van der Waals surface area contributed by atoms with E-state index in [4.69, 9.17) is 0 Å². The normalized spacial score (nSPS) is 13.7. The summed E-state index contributed by atoms with van der Waals surface area (Å²) in [6.45, 7) is 1.50. The fourth-order valence-corrected chi connectivity index (χ4v) is 3.02. The zero-order valence-electron chi connectivity index (χ0n) is 15.9. The zero-order chi connectivity index (χ0) is 20.6. The Labute approximate surface area is 168 Å². The van der Waals surface area contributed by atoms with Crippen molar-refractivity contribution < 1.29 is 18.8 Å². The van der Waals surface area contributed by atoms with Gasteiger partial charge in [-0.2, -0.15) is 0 Å². The highest BCUT2D eigenvalue weighted by atomic mass is 19.1. The molecule has 0 spiro atoms. The van der Waals surface area contributed by atoms with Crippen molar-refractivity contribution in [1.82, 2.24) is 15.1 Å². The number of halogens is 1. The molecule has 8 heteroatoms. The number of nitrogens with one attached hydrogen (secondary N) is 2. The monoisotopic (exact) mass is 398 g/mol. The van der Waals surface area contributed by atoms with Crippen molar-refractivity contribution in [2.45, 2.75) is 6.42 Å². The van der Waals surface area contributed by atoms with E-state index in [1.807, 2.05) is 30.3 Å². The van der Waals surface area contributed by atoms with Gasteiger partial charge in [0.05, 0.1) is 13.0 Å². The van der Waals surface area contributed by atoms with Crippen molar-refractivity contribution in [1.29, 1.82) is 0 Å². The Morgan fingerprint density at radius 1 is 0.862 bits per heavy atom. The van der Waals surface area contributed by atoms with E-state index in [2.05, 4.69) is 10.6 Å². The molecule has 0 unspecified atom stereocenters. The third-order valence-electron chi connectivity index (χ3n) is 4.66. The highest BCUT2D eigenvalue weighted by Gasteiger charge is 2.24. The third kappa shape index (κ3) is 6.03. The van der Waals surface area contributed by atoms with Crippen LogP contribution in [0.2, 0.25) is 0 Å². The molecule has 0 atom stereocenters. The highest BCUT2D eigenvalue weighted by Crippen LogP contribution is 2.11. The van der Waals surface area contributed by atoms with Crippen LogP contribution in [0.3, 0.4) is 0 Å². The average molecular weight is 398 g/mol. The molecule has 1 aliphatic heterocycles. The van der Waals surface area contributed by atoms with Gasteiger partial charge < -0.3 is 20.4 Å². The van der Waals surface area contributed by atoms with Crippen molar-refractivity contribution in [2.75, 3.05) is 38.0 Å². The molecule has 1 aliphatic rings. The lowest BCUT2D eigenvalue weighted by Gasteiger charge is -2.34. The number of hydrogen-bond donors (Lipinski definition) is 2. The third-order valence-corrected chi connectivity index (χ3v) is 4.66. The molecular weight excluding hydrogens is 375 g/mol. The SMILES string of the molecule is O=C(Cc1ccccc1)NCC(=O)N1CCN(C(=O)Nc2ccc(F)cc2)CC1. The number of hydrogen-bond acceptors (Lipinski definition) is 3. The van der Waals surface area contributed by atoms with Crippen molar-refractivity contribution in [3.8, 4) is 0 Å². The van der Waals surface area contributed by atoms with Gasteiger partial charge in [0.2, 0.25) is 11.8 Å². The van der Waals surface area contributed by atoms with E-state index in [1.54, 1.807) is 9.80 Å². The maximum atomic E-state index is 12.9. The lowest BCUT2D eigenvalue weighted by molar-refractivity contribution is -0.133. The second-order valence-corrected chi connectivity index (χ2v) is 6.74. The molecule has 4 amide bonds. The summed E-state index contributed by atoms with van der Waals surface area (Å²) in [5, 5.41) is 5.35. The van der Waals surface area contributed by atoms with Gasteiger partial charge in [-0.1, -0.05) is 30.3 Å². The Bertz CT molecular complexity index is 850. The summed E-state index contributed by atoms with van der Waals surface area (Å²) < 4.78 is 12.9. The minimum Gasteiger partial charge on any atom is -0.347 e. The fourth-order valence-electron chi connectivity index (χ4n) is 3.02. The van der Waals surface area contributed by atoms with Crippen LogP contribution in [0.25, 0.3) is 0 Å². The largest absolute Gasteiger partial charge is 0.347 e. The van der Waals surface area contributed by atoms with Gasteiger partial charge >= 0.3 is 6.03 Å². The van der Waals surface area contributed by atoms with Gasteiger partial charge in [0.1, 0.15) is 5.82 Å². The molecule has 0 aliphatic carbocycles. The first kappa shape index (κ1) is 20.3. The first-order valence-electron chi connectivity index (χ1n) is 9.41.